The Balaban J connectivity index is 1.91. The van der Waals surface area contributed by atoms with Crippen LogP contribution in [0.4, 0.5) is 5.69 Å². The maximum atomic E-state index is 11.1. The van der Waals surface area contributed by atoms with Crippen molar-refractivity contribution in [3.8, 4) is 5.69 Å². The third kappa shape index (κ3) is 4.14. The van der Waals surface area contributed by atoms with Crippen LogP contribution < -0.4 is 0 Å². The normalized spacial score (nSPS) is 11.1. The SMILES string of the molecule is CCc1nc2cc([N+](=O)[O-])c(Cl)cc2n1-c1ccc(CCCCC(=O)O)cc1. The number of unbranched alkanes of at least 4 members (excludes halogenated alkanes) is 1. The van der Waals surface area contributed by atoms with Crippen molar-refractivity contribution < 1.29 is 14.8 Å². The number of nitro benzene ring substituents is 1. The summed E-state index contributed by atoms with van der Waals surface area (Å²) in [5, 5.41) is 19.9. The summed E-state index contributed by atoms with van der Waals surface area (Å²) < 4.78 is 1.96. The number of benzene rings is 2. The lowest BCUT2D eigenvalue weighted by atomic mass is 10.1. The maximum Gasteiger partial charge on any atom is 0.303 e. The summed E-state index contributed by atoms with van der Waals surface area (Å²) in [6.45, 7) is 1.98. The fourth-order valence-electron chi connectivity index (χ4n) is 3.22. The number of carboxylic acids is 1. The van der Waals surface area contributed by atoms with Crippen LogP contribution >= 0.6 is 11.6 Å². The molecular formula is C20H20ClN3O4. The van der Waals surface area contributed by atoms with Gasteiger partial charge in [-0.05, 0) is 43.0 Å². The first kappa shape index (κ1) is 19.8. The summed E-state index contributed by atoms with van der Waals surface area (Å²) in [5.74, 6) is 0.0223. The Morgan fingerprint density at radius 2 is 1.96 bits per heavy atom. The number of carboxylic acid groups (broad SMARTS) is 1. The van der Waals surface area contributed by atoms with Gasteiger partial charge in [-0.2, -0.15) is 0 Å². The van der Waals surface area contributed by atoms with Crippen molar-refractivity contribution in [2.75, 3.05) is 0 Å². The smallest absolute Gasteiger partial charge is 0.303 e. The Labute approximate surface area is 166 Å². The van der Waals surface area contributed by atoms with E-state index < -0.39 is 10.9 Å². The van der Waals surface area contributed by atoms with Gasteiger partial charge in [0, 0.05) is 24.6 Å². The van der Waals surface area contributed by atoms with Crippen molar-refractivity contribution in [3.05, 3.63) is 62.9 Å². The van der Waals surface area contributed by atoms with Crippen molar-refractivity contribution in [1.82, 2.24) is 9.55 Å². The van der Waals surface area contributed by atoms with Gasteiger partial charge in [-0.3, -0.25) is 19.5 Å². The maximum absolute atomic E-state index is 11.1. The van der Waals surface area contributed by atoms with Crippen LogP contribution in [0.25, 0.3) is 16.7 Å². The topological polar surface area (TPSA) is 98.3 Å². The zero-order valence-electron chi connectivity index (χ0n) is 15.4. The summed E-state index contributed by atoms with van der Waals surface area (Å²) in [4.78, 5) is 25.7. The van der Waals surface area contributed by atoms with E-state index in [1.165, 1.54) is 6.07 Å². The predicted molar refractivity (Wildman–Crippen MR) is 107 cm³/mol. The highest BCUT2D eigenvalue weighted by Crippen LogP contribution is 2.32. The van der Waals surface area contributed by atoms with Crippen LogP contribution in [0.5, 0.6) is 0 Å². The Hall–Kier alpha value is -2.93. The lowest BCUT2D eigenvalue weighted by Crippen LogP contribution is -2.00. The molecule has 8 heteroatoms. The molecule has 0 aliphatic rings. The molecule has 146 valence electrons. The van der Waals surface area contributed by atoms with Gasteiger partial charge in [-0.25, -0.2) is 4.98 Å². The van der Waals surface area contributed by atoms with Crippen molar-refractivity contribution in [3.63, 3.8) is 0 Å². The molecule has 1 heterocycles. The number of hydrogen-bond acceptors (Lipinski definition) is 4. The van der Waals surface area contributed by atoms with Crippen LogP contribution in [0.15, 0.2) is 36.4 Å². The lowest BCUT2D eigenvalue weighted by Gasteiger charge is -2.10. The summed E-state index contributed by atoms with van der Waals surface area (Å²) in [5.41, 5.74) is 3.13. The van der Waals surface area contributed by atoms with E-state index in [4.69, 9.17) is 16.7 Å². The minimum absolute atomic E-state index is 0.0800. The van der Waals surface area contributed by atoms with Gasteiger partial charge in [0.1, 0.15) is 10.8 Å². The molecule has 0 atom stereocenters. The number of aromatic nitrogens is 2. The molecule has 7 nitrogen and oxygen atoms in total. The number of aryl methyl sites for hydroxylation is 2. The minimum atomic E-state index is -0.770. The standard InChI is InChI=1S/C20H20ClN3O4/c1-2-19-22-16-12-17(24(27)28)15(21)11-18(16)23(19)14-9-7-13(8-10-14)5-3-4-6-20(25)26/h7-12H,2-6H2,1H3,(H,25,26). The molecule has 0 bridgehead atoms. The number of hydrogen-bond donors (Lipinski definition) is 1. The van der Waals surface area contributed by atoms with Crippen molar-refractivity contribution >= 4 is 34.3 Å². The third-order valence-corrected chi connectivity index (χ3v) is 4.91. The summed E-state index contributed by atoms with van der Waals surface area (Å²) in [6, 6.07) is 11.0. The first-order chi connectivity index (χ1) is 13.4. The van der Waals surface area contributed by atoms with Crippen LogP contribution in [-0.2, 0) is 17.6 Å². The Morgan fingerprint density at radius 1 is 1.25 bits per heavy atom. The van der Waals surface area contributed by atoms with Crippen molar-refractivity contribution in [2.45, 2.75) is 39.0 Å². The molecule has 3 rings (SSSR count). The van der Waals surface area contributed by atoms with Crippen molar-refractivity contribution in [2.24, 2.45) is 0 Å². The first-order valence-corrected chi connectivity index (χ1v) is 9.45. The Morgan fingerprint density at radius 3 is 2.57 bits per heavy atom. The molecule has 0 spiro atoms. The molecule has 1 N–H and O–H groups in total. The molecule has 0 saturated carbocycles. The number of halogens is 1. The number of nitrogens with zero attached hydrogens (tertiary/aromatic N) is 3. The molecular weight excluding hydrogens is 382 g/mol. The monoisotopic (exact) mass is 401 g/mol. The average Bonchev–Trinajstić information content (AvgIpc) is 3.02. The highest BCUT2D eigenvalue weighted by molar-refractivity contribution is 6.33. The number of carbonyl (C=O) groups is 1. The molecule has 0 fully saturated rings. The van der Waals surface area contributed by atoms with E-state index in [9.17, 15) is 14.9 Å². The quantitative estimate of drug-likeness (QED) is 0.327. The Kier molecular flexibility index (Phi) is 5.94. The van der Waals surface area contributed by atoms with Gasteiger partial charge in [0.2, 0.25) is 0 Å². The molecule has 28 heavy (non-hydrogen) atoms. The highest BCUT2D eigenvalue weighted by atomic mass is 35.5. The van der Waals surface area contributed by atoms with Crippen LogP contribution in [0, 0.1) is 10.1 Å². The van der Waals surface area contributed by atoms with Crippen molar-refractivity contribution in [1.29, 1.82) is 0 Å². The zero-order chi connectivity index (χ0) is 20.3. The summed E-state index contributed by atoms with van der Waals surface area (Å²) in [7, 11) is 0. The molecule has 0 aliphatic carbocycles. The Bertz CT molecular complexity index is 1030. The fraction of sp³-hybridized carbons (Fsp3) is 0.300. The largest absolute Gasteiger partial charge is 0.481 e. The van der Waals surface area contributed by atoms with Crippen LogP contribution in [0.2, 0.25) is 5.02 Å². The molecule has 0 unspecified atom stereocenters. The van der Waals surface area contributed by atoms with Gasteiger partial charge in [0.25, 0.3) is 5.69 Å². The number of rotatable bonds is 8. The van der Waals surface area contributed by atoms with E-state index in [0.29, 0.717) is 18.4 Å². The van der Waals surface area contributed by atoms with E-state index in [0.717, 1.165) is 35.4 Å². The van der Waals surface area contributed by atoms with Gasteiger partial charge in [-0.1, -0.05) is 30.7 Å². The van der Waals surface area contributed by atoms with Crippen LogP contribution in [-0.4, -0.2) is 25.6 Å². The van der Waals surface area contributed by atoms with E-state index in [-0.39, 0.29) is 17.1 Å². The average molecular weight is 402 g/mol. The number of fused-ring (bicyclic) bond motifs is 1. The van der Waals surface area contributed by atoms with Gasteiger partial charge < -0.3 is 5.11 Å². The lowest BCUT2D eigenvalue weighted by molar-refractivity contribution is -0.384. The predicted octanol–water partition coefficient (Wildman–Crippen LogP) is 4.95. The van der Waals surface area contributed by atoms with Gasteiger partial charge in [0.05, 0.1) is 16.0 Å². The van der Waals surface area contributed by atoms with Gasteiger partial charge in [0.15, 0.2) is 0 Å². The second-order valence-corrected chi connectivity index (χ2v) is 6.94. The summed E-state index contributed by atoms with van der Waals surface area (Å²) in [6.07, 6.45) is 3.14. The molecule has 1 aromatic heterocycles. The second-order valence-electron chi connectivity index (χ2n) is 6.53. The minimum Gasteiger partial charge on any atom is -0.481 e. The second kappa shape index (κ2) is 8.39. The van der Waals surface area contributed by atoms with Gasteiger partial charge >= 0.3 is 5.97 Å². The van der Waals surface area contributed by atoms with Gasteiger partial charge in [-0.15, -0.1) is 0 Å². The molecule has 0 amide bonds. The van der Waals surface area contributed by atoms with E-state index >= 15 is 0 Å². The van der Waals surface area contributed by atoms with E-state index in [2.05, 4.69) is 4.98 Å². The molecule has 2 aromatic carbocycles. The number of aliphatic carboxylic acids is 1. The number of nitro groups is 1. The number of imidazole rings is 1. The molecule has 3 aromatic rings. The fourth-order valence-corrected chi connectivity index (χ4v) is 3.45. The van der Waals surface area contributed by atoms with Crippen LogP contribution in [0.3, 0.4) is 0 Å². The third-order valence-electron chi connectivity index (χ3n) is 4.61. The zero-order valence-corrected chi connectivity index (χ0v) is 16.1. The highest BCUT2D eigenvalue weighted by Gasteiger charge is 2.19. The van der Waals surface area contributed by atoms with E-state index in [1.54, 1.807) is 6.07 Å². The molecule has 0 radical (unpaired) electrons. The molecule has 0 aliphatic heterocycles. The first-order valence-electron chi connectivity index (χ1n) is 9.07. The summed E-state index contributed by atoms with van der Waals surface area (Å²) >= 11 is 6.10. The van der Waals surface area contributed by atoms with Crippen LogP contribution in [0.1, 0.15) is 37.6 Å². The molecule has 0 saturated heterocycles. The van der Waals surface area contributed by atoms with E-state index in [1.807, 2.05) is 35.8 Å².